The summed E-state index contributed by atoms with van der Waals surface area (Å²) in [5, 5.41) is 7.45. The molecule has 0 aliphatic rings. The summed E-state index contributed by atoms with van der Waals surface area (Å²) in [6.07, 6.45) is 3.53. The number of nitrogens with zero attached hydrogens (tertiary/aromatic N) is 1. The van der Waals surface area contributed by atoms with Crippen molar-refractivity contribution in [2.24, 2.45) is 5.10 Å². The van der Waals surface area contributed by atoms with Gasteiger partial charge in [0.05, 0.1) is 12.3 Å². The maximum Gasteiger partial charge on any atom is 0.187 e. The Balaban J connectivity index is 2.60. The molecule has 1 aromatic rings. The van der Waals surface area contributed by atoms with Crippen LogP contribution in [0.25, 0.3) is 0 Å². The summed E-state index contributed by atoms with van der Waals surface area (Å²) < 4.78 is 5.69. The Bertz CT molecular complexity index is 458. The molecule has 0 atom stereocenters. The molecule has 4 nitrogen and oxygen atoms in total. The van der Waals surface area contributed by atoms with E-state index in [0.717, 1.165) is 11.3 Å². The highest BCUT2D eigenvalue weighted by atomic mass is 32.1. The van der Waals surface area contributed by atoms with Gasteiger partial charge in [0.15, 0.2) is 5.11 Å². The van der Waals surface area contributed by atoms with E-state index in [1.54, 1.807) is 12.3 Å². The van der Waals surface area contributed by atoms with Crippen LogP contribution >= 0.6 is 12.2 Å². The first-order chi connectivity index (χ1) is 9.13. The second-order valence-corrected chi connectivity index (χ2v) is 4.48. The number of ether oxygens (including phenoxy) is 1. The Morgan fingerprint density at radius 2 is 2.21 bits per heavy atom. The van der Waals surface area contributed by atoms with Gasteiger partial charge in [-0.15, -0.1) is 6.58 Å². The van der Waals surface area contributed by atoms with Crippen LogP contribution in [0.2, 0.25) is 0 Å². The van der Waals surface area contributed by atoms with Crippen molar-refractivity contribution in [1.82, 2.24) is 10.7 Å². The lowest BCUT2D eigenvalue weighted by Crippen LogP contribution is -2.31. The van der Waals surface area contributed by atoms with Crippen LogP contribution in [0.15, 0.2) is 42.0 Å². The van der Waals surface area contributed by atoms with E-state index in [9.17, 15) is 0 Å². The molecule has 0 unspecified atom stereocenters. The lowest BCUT2D eigenvalue weighted by atomic mass is 10.2. The van der Waals surface area contributed by atoms with E-state index in [4.69, 9.17) is 17.0 Å². The Labute approximate surface area is 119 Å². The second kappa shape index (κ2) is 8.26. The van der Waals surface area contributed by atoms with E-state index in [1.165, 1.54) is 0 Å². The van der Waals surface area contributed by atoms with E-state index in [0.29, 0.717) is 11.7 Å². The zero-order valence-corrected chi connectivity index (χ0v) is 12.0. The monoisotopic (exact) mass is 277 g/mol. The third-order valence-corrected chi connectivity index (χ3v) is 2.29. The SMILES string of the molecule is C=CCNC(=S)NN=Cc1ccccc1OC(C)C. The predicted octanol–water partition coefficient (Wildman–Crippen LogP) is 2.46. The van der Waals surface area contributed by atoms with Crippen LogP contribution in [-0.2, 0) is 0 Å². The van der Waals surface area contributed by atoms with E-state index in [2.05, 4.69) is 22.4 Å². The standard InChI is InChI=1S/C14H19N3OS/c1-4-9-15-14(19)17-16-10-12-7-5-6-8-13(12)18-11(2)3/h4-8,10-11H,1,9H2,2-3H3,(H2,15,17,19). The summed E-state index contributed by atoms with van der Waals surface area (Å²) in [4.78, 5) is 0. The molecule has 1 rings (SSSR count). The molecule has 0 saturated heterocycles. The van der Waals surface area contributed by atoms with Crippen LogP contribution in [0.5, 0.6) is 5.75 Å². The average molecular weight is 277 g/mol. The Morgan fingerprint density at radius 3 is 2.89 bits per heavy atom. The van der Waals surface area contributed by atoms with Crippen LogP contribution < -0.4 is 15.5 Å². The molecule has 0 bridgehead atoms. The molecule has 0 heterocycles. The quantitative estimate of drug-likeness (QED) is 0.363. The number of nitrogens with one attached hydrogen (secondary N) is 2. The number of hydrogen-bond acceptors (Lipinski definition) is 3. The molecule has 0 amide bonds. The molecule has 0 aromatic heterocycles. The van der Waals surface area contributed by atoms with E-state index >= 15 is 0 Å². The van der Waals surface area contributed by atoms with Gasteiger partial charge < -0.3 is 10.1 Å². The minimum Gasteiger partial charge on any atom is -0.490 e. The lowest BCUT2D eigenvalue weighted by Gasteiger charge is -2.11. The maximum absolute atomic E-state index is 5.69. The van der Waals surface area contributed by atoms with Gasteiger partial charge in [0.2, 0.25) is 0 Å². The minimum atomic E-state index is 0.123. The fourth-order valence-corrected chi connectivity index (χ4v) is 1.45. The van der Waals surface area contributed by atoms with E-state index in [-0.39, 0.29) is 6.10 Å². The molecule has 0 fully saturated rings. The van der Waals surface area contributed by atoms with Crippen molar-refractivity contribution in [1.29, 1.82) is 0 Å². The molecule has 0 spiro atoms. The molecular formula is C14H19N3OS. The highest BCUT2D eigenvalue weighted by Crippen LogP contribution is 2.17. The van der Waals surface area contributed by atoms with Gasteiger partial charge in [0.25, 0.3) is 0 Å². The summed E-state index contributed by atoms with van der Waals surface area (Å²) in [6, 6.07) is 7.71. The van der Waals surface area contributed by atoms with Gasteiger partial charge in [-0.25, -0.2) is 0 Å². The van der Waals surface area contributed by atoms with E-state index in [1.807, 2.05) is 38.1 Å². The Hall–Kier alpha value is -1.88. The fourth-order valence-electron chi connectivity index (χ4n) is 1.31. The number of thiocarbonyl (C=S) groups is 1. The third-order valence-electron chi connectivity index (χ3n) is 2.06. The summed E-state index contributed by atoms with van der Waals surface area (Å²) >= 11 is 5.02. The Kier molecular flexibility index (Phi) is 6.60. The predicted molar refractivity (Wildman–Crippen MR) is 83.7 cm³/mol. The second-order valence-electron chi connectivity index (χ2n) is 4.07. The van der Waals surface area contributed by atoms with Gasteiger partial charge in [-0.1, -0.05) is 18.2 Å². The zero-order valence-electron chi connectivity index (χ0n) is 11.2. The van der Waals surface area contributed by atoms with Crippen LogP contribution in [0.4, 0.5) is 0 Å². The summed E-state index contributed by atoms with van der Waals surface area (Å²) in [6.45, 7) is 8.17. The first-order valence-corrected chi connectivity index (χ1v) is 6.47. The molecule has 0 saturated carbocycles. The van der Waals surface area contributed by atoms with Crippen molar-refractivity contribution in [3.05, 3.63) is 42.5 Å². The summed E-state index contributed by atoms with van der Waals surface area (Å²) in [5.41, 5.74) is 3.63. The number of benzene rings is 1. The first-order valence-electron chi connectivity index (χ1n) is 6.07. The number of hydrazone groups is 1. The lowest BCUT2D eigenvalue weighted by molar-refractivity contribution is 0.242. The number of rotatable bonds is 6. The normalized spacial score (nSPS) is 10.5. The molecule has 5 heteroatoms. The molecule has 0 aliphatic carbocycles. The van der Waals surface area contributed by atoms with Gasteiger partial charge in [0, 0.05) is 12.1 Å². The van der Waals surface area contributed by atoms with Crippen molar-refractivity contribution >= 4 is 23.5 Å². The molecule has 1 aromatic carbocycles. The highest BCUT2D eigenvalue weighted by Gasteiger charge is 2.02. The van der Waals surface area contributed by atoms with Crippen molar-refractivity contribution < 1.29 is 4.74 Å². The zero-order chi connectivity index (χ0) is 14.1. The van der Waals surface area contributed by atoms with Gasteiger partial charge in [-0.3, -0.25) is 5.43 Å². The summed E-state index contributed by atoms with van der Waals surface area (Å²) in [7, 11) is 0. The molecule has 0 radical (unpaired) electrons. The topological polar surface area (TPSA) is 45.7 Å². The van der Waals surface area contributed by atoms with Crippen LogP contribution in [0.3, 0.4) is 0 Å². The van der Waals surface area contributed by atoms with Gasteiger partial charge in [0.1, 0.15) is 5.75 Å². The molecule has 19 heavy (non-hydrogen) atoms. The third kappa shape index (κ3) is 6.01. The van der Waals surface area contributed by atoms with Gasteiger partial charge in [-0.2, -0.15) is 5.10 Å². The number of para-hydroxylation sites is 1. The van der Waals surface area contributed by atoms with Gasteiger partial charge in [-0.05, 0) is 38.2 Å². The number of hydrogen-bond donors (Lipinski definition) is 2. The van der Waals surface area contributed by atoms with Crippen molar-refractivity contribution in [3.8, 4) is 5.75 Å². The van der Waals surface area contributed by atoms with Crippen LogP contribution in [-0.4, -0.2) is 24.0 Å². The maximum atomic E-state index is 5.69. The molecule has 102 valence electrons. The largest absolute Gasteiger partial charge is 0.490 e. The Morgan fingerprint density at radius 1 is 1.47 bits per heavy atom. The molecule has 2 N–H and O–H groups in total. The smallest absolute Gasteiger partial charge is 0.187 e. The van der Waals surface area contributed by atoms with E-state index < -0.39 is 0 Å². The minimum absolute atomic E-state index is 0.123. The average Bonchev–Trinajstić information content (AvgIpc) is 2.38. The molecule has 0 aliphatic heterocycles. The molecular weight excluding hydrogens is 258 g/mol. The van der Waals surface area contributed by atoms with Crippen molar-refractivity contribution in [2.75, 3.05) is 6.54 Å². The van der Waals surface area contributed by atoms with Gasteiger partial charge >= 0.3 is 0 Å². The summed E-state index contributed by atoms with van der Waals surface area (Å²) in [5.74, 6) is 0.799. The fraction of sp³-hybridized carbons (Fsp3) is 0.286. The van der Waals surface area contributed by atoms with Crippen LogP contribution in [0.1, 0.15) is 19.4 Å². The van der Waals surface area contributed by atoms with Crippen molar-refractivity contribution in [3.63, 3.8) is 0 Å². The first kappa shape index (κ1) is 15.2. The van der Waals surface area contributed by atoms with Crippen LogP contribution in [0, 0.1) is 0 Å². The van der Waals surface area contributed by atoms with Crippen molar-refractivity contribution in [2.45, 2.75) is 20.0 Å². The highest BCUT2D eigenvalue weighted by molar-refractivity contribution is 7.80.